The molecule has 300 valence electrons. The molecule has 0 amide bonds. The van der Waals surface area contributed by atoms with Crippen LogP contribution in [0.4, 0.5) is 0 Å². The van der Waals surface area contributed by atoms with Crippen LogP contribution in [0.1, 0.15) is 0 Å². The summed E-state index contributed by atoms with van der Waals surface area (Å²) in [6.07, 6.45) is 0. The first-order valence-corrected chi connectivity index (χ1v) is 21.9. The molecule has 0 atom stereocenters. The van der Waals surface area contributed by atoms with Crippen molar-refractivity contribution >= 4 is 32.6 Å². The molecule has 0 aliphatic heterocycles. The van der Waals surface area contributed by atoms with Gasteiger partial charge in [-0.2, -0.15) is 5.10 Å². The van der Waals surface area contributed by atoms with Gasteiger partial charge in [0, 0.05) is 27.6 Å². The number of nitrogens with zero attached hydrogens (tertiary/aromatic N) is 3. The van der Waals surface area contributed by atoms with Gasteiger partial charge in [-0.25, -0.2) is 4.68 Å². The maximum absolute atomic E-state index is 5.15. The molecule has 64 heavy (non-hydrogen) atoms. The quantitative estimate of drug-likeness (QED) is 0.150. The highest BCUT2D eigenvalue weighted by molar-refractivity contribution is 6.13. The van der Waals surface area contributed by atoms with Crippen LogP contribution in [0.3, 0.4) is 0 Å². The van der Waals surface area contributed by atoms with Crippen molar-refractivity contribution in [1.29, 1.82) is 0 Å². The second-order valence-corrected chi connectivity index (χ2v) is 16.4. The average Bonchev–Trinajstić information content (AvgIpc) is 3.97. The number of rotatable bonds is 8. The van der Waals surface area contributed by atoms with Gasteiger partial charge in [-0.05, 0) is 110 Å². The van der Waals surface area contributed by atoms with E-state index in [4.69, 9.17) is 5.10 Å². The van der Waals surface area contributed by atoms with Crippen LogP contribution < -0.4 is 0 Å². The molecule has 2 heterocycles. The van der Waals surface area contributed by atoms with Gasteiger partial charge in [-0.15, -0.1) is 0 Å². The van der Waals surface area contributed by atoms with Gasteiger partial charge in [0.25, 0.3) is 0 Å². The van der Waals surface area contributed by atoms with E-state index in [0.717, 1.165) is 39.5 Å². The van der Waals surface area contributed by atoms with Crippen molar-refractivity contribution in [3.63, 3.8) is 0 Å². The predicted octanol–water partition coefficient (Wildman–Crippen LogP) is 16.1. The highest BCUT2D eigenvalue weighted by Crippen LogP contribution is 2.42. The molecular weight excluding hydrogens is 775 g/mol. The Kier molecular flexibility index (Phi) is 9.16. The molecule has 12 rings (SSSR count). The van der Waals surface area contributed by atoms with Gasteiger partial charge in [-0.1, -0.05) is 194 Å². The summed E-state index contributed by atoms with van der Waals surface area (Å²) in [5.74, 6) is 0. The van der Waals surface area contributed by atoms with Gasteiger partial charge in [0.2, 0.25) is 0 Å². The third-order valence-corrected chi connectivity index (χ3v) is 12.6. The lowest BCUT2D eigenvalue weighted by atomic mass is 9.89. The highest BCUT2D eigenvalue weighted by atomic mass is 15.3. The summed E-state index contributed by atoms with van der Waals surface area (Å²) in [4.78, 5) is 0. The molecule has 0 N–H and O–H groups in total. The fraction of sp³-hybridized carbons (Fsp3) is 0. The molecule has 0 unspecified atom stereocenters. The zero-order chi connectivity index (χ0) is 42.4. The number of benzene rings is 10. The molecule has 3 heteroatoms. The smallest absolute Gasteiger partial charge is 0.0934 e. The maximum atomic E-state index is 5.15. The highest BCUT2D eigenvalue weighted by Gasteiger charge is 2.19. The third-order valence-electron chi connectivity index (χ3n) is 12.6. The average molecular weight is 816 g/mol. The molecular formula is C61H41N3. The Labute approximate surface area is 372 Å². The van der Waals surface area contributed by atoms with Crippen LogP contribution in [0.15, 0.2) is 249 Å². The Balaban J connectivity index is 0.967. The SMILES string of the molecule is c1ccc(-c2cc(-c3ccccc3)n(-c3ccc(-c4ccccc4-c4ccccc4-c4ccc5c(c4)c4cc(-c6cccc7ccccc67)ccc4n5-c4ccccc4)cc3)n2)cc1. The minimum absolute atomic E-state index is 0.943. The van der Waals surface area contributed by atoms with Crippen LogP contribution in [0.25, 0.3) is 111 Å². The van der Waals surface area contributed by atoms with E-state index in [1.165, 1.54) is 71.5 Å². The van der Waals surface area contributed by atoms with Crippen molar-refractivity contribution in [3.8, 4) is 78.4 Å². The van der Waals surface area contributed by atoms with E-state index < -0.39 is 0 Å². The van der Waals surface area contributed by atoms with Crippen LogP contribution in [0, 0.1) is 0 Å². The monoisotopic (exact) mass is 815 g/mol. The number of fused-ring (bicyclic) bond motifs is 4. The summed E-state index contributed by atoms with van der Waals surface area (Å²) >= 11 is 0. The van der Waals surface area contributed by atoms with Gasteiger partial charge >= 0.3 is 0 Å². The fourth-order valence-electron chi connectivity index (χ4n) is 9.55. The molecule has 0 saturated heterocycles. The van der Waals surface area contributed by atoms with E-state index in [1.807, 2.05) is 6.07 Å². The minimum Gasteiger partial charge on any atom is -0.309 e. The van der Waals surface area contributed by atoms with Crippen molar-refractivity contribution in [3.05, 3.63) is 249 Å². The maximum Gasteiger partial charge on any atom is 0.0934 e. The molecule has 0 saturated carbocycles. The number of para-hydroxylation sites is 1. The summed E-state index contributed by atoms with van der Waals surface area (Å²) in [5, 5.41) is 10.1. The summed E-state index contributed by atoms with van der Waals surface area (Å²) in [6, 6.07) is 89.5. The molecule has 0 aliphatic carbocycles. The van der Waals surface area contributed by atoms with Crippen LogP contribution in [0.5, 0.6) is 0 Å². The Bertz CT molecular complexity index is 3630. The third kappa shape index (κ3) is 6.50. The lowest BCUT2D eigenvalue weighted by Crippen LogP contribution is -1.99. The van der Waals surface area contributed by atoms with Crippen LogP contribution in [0.2, 0.25) is 0 Å². The summed E-state index contributed by atoms with van der Waals surface area (Å²) in [5.41, 5.74) is 18.3. The topological polar surface area (TPSA) is 22.8 Å². The second kappa shape index (κ2) is 15.7. The van der Waals surface area contributed by atoms with Crippen molar-refractivity contribution in [2.45, 2.75) is 0 Å². The molecule has 0 fully saturated rings. The summed E-state index contributed by atoms with van der Waals surface area (Å²) in [6.45, 7) is 0. The Morgan fingerprint density at radius 2 is 0.766 bits per heavy atom. The second-order valence-electron chi connectivity index (χ2n) is 16.4. The Morgan fingerprint density at radius 1 is 0.281 bits per heavy atom. The van der Waals surface area contributed by atoms with Crippen LogP contribution in [-0.4, -0.2) is 14.3 Å². The molecule has 0 spiro atoms. The molecule has 0 aliphatic rings. The lowest BCUT2D eigenvalue weighted by Gasteiger charge is -2.16. The zero-order valence-electron chi connectivity index (χ0n) is 35.0. The van der Waals surface area contributed by atoms with Gasteiger partial charge in [-0.3, -0.25) is 0 Å². The number of hydrogen-bond donors (Lipinski definition) is 0. The lowest BCUT2D eigenvalue weighted by molar-refractivity contribution is 0.892. The number of aromatic nitrogens is 3. The van der Waals surface area contributed by atoms with Crippen LogP contribution in [-0.2, 0) is 0 Å². The zero-order valence-corrected chi connectivity index (χ0v) is 35.0. The first-order valence-electron chi connectivity index (χ1n) is 21.9. The van der Waals surface area contributed by atoms with Crippen molar-refractivity contribution in [2.24, 2.45) is 0 Å². The largest absolute Gasteiger partial charge is 0.309 e. The van der Waals surface area contributed by atoms with Crippen molar-refractivity contribution in [1.82, 2.24) is 14.3 Å². The summed E-state index contributed by atoms with van der Waals surface area (Å²) in [7, 11) is 0. The van der Waals surface area contributed by atoms with E-state index in [-0.39, 0.29) is 0 Å². The van der Waals surface area contributed by atoms with Crippen LogP contribution >= 0.6 is 0 Å². The van der Waals surface area contributed by atoms with E-state index in [0.29, 0.717) is 0 Å². The van der Waals surface area contributed by atoms with E-state index in [1.54, 1.807) is 0 Å². The van der Waals surface area contributed by atoms with E-state index >= 15 is 0 Å². The van der Waals surface area contributed by atoms with Crippen molar-refractivity contribution in [2.75, 3.05) is 0 Å². The standard InChI is InChI=1S/C61H41N3/c1-4-18-44(19-5-1)58-41-61(45-20-6-2-7-21-45)64(62-58)49-35-31-43(32-36-49)51-26-12-14-28-54(51)55-29-15-13-27-53(55)47-34-38-60-57(40-47)56-39-46(52-30-16-22-42-17-10-11-25-50(42)52)33-37-59(56)63(60)48-23-8-3-9-24-48/h1-41H. The minimum atomic E-state index is 0.943. The molecule has 3 nitrogen and oxygen atoms in total. The van der Waals surface area contributed by atoms with Gasteiger partial charge < -0.3 is 4.57 Å². The molecule has 2 aromatic heterocycles. The first kappa shape index (κ1) is 37.2. The fourth-order valence-corrected chi connectivity index (χ4v) is 9.55. The summed E-state index contributed by atoms with van der Waals surface area (Å²) < 4.78 is 4.47. The molecule has 12 aromatic rings. The van der Waals surface area contributed by atoms with E-state index in [9.17, 15) is 0 Å². The van der Waals surface area contributed by atoms with Crippen molar-refractivity contribution < 1.29 is 0 Å². The predicted molar refractivity (Wildman–Crippen MR) is 268 cm³/mol. The Morgan fingerprint density at radius 3 is 1.42 bits per heavy atom. The van der Waals surface area contributed by atoms with Gasteiger partial charge in [0.05, 0.1) is 28.1 Å². The van der Waals surface area contributed by atoms with Gasteiger partial charge in [0.1, 0.15) is 0 Å². The number of hydrogen-bond acceptors (Lipinski definition) is 1. The molecule has 10 aromatic carbocycles. The van der Waals surface area contributed by atoms with Gasteiger partial charge in [0.15, 0.2) is 0 Å². The molecule has 0 bridgehead atoms. The van der Waals surface area contributed by atoms with E-state index in [2.05, 4.69) is 252 Å². The first-order chi connectivity index (χ1) is 31.7. The Hall–Kier alpha value is -8.53. The normalized spacial score (nSPS) is 11.4. The molecule has 0 radical (unpaired) electrons.